The zero-order chi connectivity index (χ0) is 12.8. The fraction of sp³-hybridized carbons (Fsp3) is 0.417. The standard InChI is InChI=1S/C12H16O5/c1-4-17-10-7-8(5-6-9(10)15-2)11(13)12(14)16-3/h5-7,11,13H,4H2,1-3H3. The second kappa shape index (κ2) is 6.10. The maximum Gasteiger partial charge on any atom is 0.339 e. The second-order valence-electron chi connectivity index (χ2n) is 3.27. The summed E-state index contributed by atoms with van der Waals surface area (Å²) in [5, 5.41) is 9.67. The topological polar surface area (TPSA) is 65.0 Å². The van der Waals surface area contributed by atoms with E-state index in [0.717, 1.165) is 0 Å². The molecule has 0 aliphatic heterocycles. The van der Waals surface area contributed by atoms with Gasteiger partial charge in [0.15, 0.2) is 17.6 Å². The van der Waals surface area contributed by atoms with Crippen molar-refractivity contribution in [2.24, 2.45) is 0 Å². The van der Waals surface area contributed by atoms with Crippen LogP contribution in [0.1, 0.15) is 18.6 Å². The van der Waals surface area contributed by atoms with E-state index in [4.69, 9.17) is 9.47 Å². The van der Waals surface area contributed by atoms with E-state index in [1.54, 1.807) is 18.2 Å². The van der Waals surface area contributed by atoms with Crippen molar-refractivity contribution in [1.82, 2.24) is 0 Å². The molecule has 0 aliphatic carbocycles. The van der Waals surface area contributed by atoms with Gasteiger partial charge in [0.2, 0.25) is 0 Å². The number of benzene rings is 1. The van der Waals surface area contributed by atoms with E-state index in [9.17, 15) is 9.90 Å². The summed E-state index contributed by atoms with van der Waals surface area (Å²) in [4.78, 5) is 11.2. The van der Waals surface area contributed by atoms with Gasteiger partial charge in [-0.1, -0.05) is 6.07 Å². The lowest BCUT2D eigenvalue weighted by molar-refractivity contribution is -0.150. The number of ether oxygens (including phenoxy) is 3. The normalized spacial score (nSPS) is 11.8. The molecule has 5 heteroatoms. The number of hydrogen-bond acceptors (Lipinski definition) is 5. The lowest BCUT2D eigenvalue weighted by Crippen LogP contribution is -2.13. The summed E-state index contributed by atoms with van der Waals surface area (Å²) in [7, 11) is 2.74. The predicted octanol–water partition coefficient (Wildman–Crippen LogP) is 1.30. The molecule has 0 amide bonds. The van der Waals surface area contributed by atoms with E-state index in [1.807, 2.05) is 6.92 Å². The molecule has 0 fully saturated rings. The molecular formula is C12H16O5. The molecule has 1 N–H and O–H groups in total. The highest BCUT2D eigenvalue weighted by atomic mass is 16.5. The van der Waals surface area contributed by atoms with Crippen LogP contribution in [0.25, 0.3) is 0 Å². The maximum atomic E-state index is 11.2. The van der Waals surface area contributed by atoms with Crippen molar-refractivity contribution in [2.45, 2.75) is 13.0 Å². The average Bonchev–Trinajstić information content (AvgIpc) is 2.37. The Balaban J connectivity index is 3.02. The summed E-state index contributed by atoms with van der Waals surface area (Å²) >= 11 is 0. The third-order valence-corrected chi connectivity index (χ3v) is 2.23. The first-order valence-corrected chi connectivity index (χ1v) is 5.20. The molecule has 0 saturated heterocycles. The lowest BCUT2D eigenvalue weighted by atomic mass is 10.1. The van der Waals surface area contributed by atoms with Gasteiger partial charge in [-0.05, 0) is 24.6 Å². The van der Waals surface area contributed by atoms with Crippen molar-refractivity contribution >= 4 is 5.97 Å². The van der Waals surface area contributed by atoms with E-state index in [1.165, 1.54) is 14.2 Å². The van der Waals surface area contributed by atoms with Crippen LogP contribution in [0.5, 0.6) is 11.5 Å². The number of methoxy groups -OCH3 is 2. The van der Waals surface area contributed by atoms with Gasteiger partial charge in [-0.15, -0.1) is 0 Å². The van der Waals surface area contributed by atoms with Gasteiger partial charge in [0.1, 0.15) is 0 Å². The van der Waals surface area contributed by atoms with E-state index >= 15 is 0 Å². The largest absolute Gasteiger partial charge is 0.493 e. The first-order valence-electron chi connectivity index (χ1n) is 5.20. The lowest BCUT2D eigenvalue weighted by Gasteiger charge is -2.13. The highest BCUT2D eigenvalue weighted by molar-refractivity contribution is 5.76. The number of aliphatic hydroxyl groups excluding tert-OH is 1. The zero-order valence-electron chi connectivity index (χ0n) is 10.1. The molecule has 0 aliphatic rings. The highest BCUT2D eigenvalue weighted by Crippen LogP contribution is 2.30. The molecule has 0 spiro atoms. The number of esters is 1. The molecule has 17 heavy (non-hydrogen) atoms. The number of rotatable bonds is 5. The van der Waals surface area contributed by atoms with Gasteiger partial charge in [0, 0.05) is 0 Å². The van der Waals surface area contributed by atoms with Crippen molar-refractivity contribution in [3.05, 3.63) is 23.8 Å². The van der Waals surface area contributed by atoms with Crippen molar-refractivity contribution in [1.29, 1.82) is 0 Å². The molecule has 5 nitrogen and oxygen atoms in total. The van der Waals surface area contributed by atoms with Gasteiger partial charge in [0.05, 0.1) is 20.8 Å². The highest BCUT2D eigenvalue weighted by Gasteiger charge is 2.19. The molecule has 0 radical (unpaired) electrons. The molecule has 1 atom stereocenters. The van der Waals surface area contributed by atoms with Crippen LogP contribution in [0, 0.1) is 0 Å². The van der Waals surface area contributed by atoms with Crippen LogP contribution in [-0.2, 0) is 9.53 Å². The Kier molecular flexibility index (Phi) is 4.78. The average molecular weight is 240 g/mol. The number of carbonyl (C=O) groups is 1. The quantitative estimate of drug-likeness (QED) is 0.786. The van der Waals surface area contributed by atoms with Gasteiger partial charge in [-0.2, -0.15) is 0 Å². The molecule has 94 valence electrons. The van der Waals surface area contributed by atoms with Crippen LogP contribution in [-0.4, -0.2) is 31.9 Å². The summed E-state index contributed by atoms with van der Waals surface area (Å²) < 4.78 is 14.9. The second-order valence-corrected chi connectivity index (χ2v) is 3.27. The van der Waals surface area contributed by atoms with Crippen molar-refractivity contribution < 1.29 is 24.1 Å². The van der Waals surface area contributed by atoms with Gasteiger partial charge in [-0.3, -0.25) is 0 Å². The Morgan fingerprint density at radius 1 is 1.35 bits per heavy atom. The van der Waals surface area contributed by atoms with Crippen molar-refractivity contribution in [2.75, 3.05) is 20.8 Å². The Morgan fingerprint density at radius 2 is 2.06 bits per heavy atom. The molecule has 0 heterocycles. The predicted molar refractivity (Wildman–Crippen MR) is 61.1 cm³/mol. The minimum Gasteiger partial charge on any atom is -0.493 e. The minimum absolute atomic E-state index is 0.404. The smallest absolute Gasteiger partial charge is 0.339 e. The maximum absolute atomic E-state index is 11.2. The fourth-order valence-corrected chi connectivity index (χ4v) is 1.38. The third-order valence-electron chi connectivity index (χ3n) is 2.23. The van der Waals surface area contributed by atoms with Gasteiger partial charge in [-0.25, -0.2) is 4.79 Å². The molecule has 1 aromatic carbocycles. The minimum atomic E-state index is -1.31. The number of hydrogen-bond donors (Lipinski definition) is 1. The van der Waals surface area contributed by atoms with Crippen LogP contribution < -0.4 is 9.47 Å². The van der Waals surface area contributed by atoms with E-state index < -0.39 is 12.1 Å². The van der Waals surface area contributed by atoms with E-state index in [-0.39, 0.29) is 0 Å². The molecule has 0 aromatic heterocycles. The third kappa shape index (κ3) is 3.10. The Hall–Kier alpha value is -1.75. The molecule has 1 rings (SSSR count). The van der Waals surface area contributed by atoms with Crippen LogP contribution in [0.4, 0.5) is 0 Å². The molecule has 0 saturated carbocycles. The summed E-state index contributed by atoms with van der Waals surface area (Å²) in [5.41, 5.74) is 0.404. The Bertz CT molecular complexity index is 388. The van der Waals surface area contributed by atoms with Crippen molar-refractivity contribution in [3.63, 3.8) is 0 Å². The van der Waals surface area contributed by atoms with Crippen molar-refractivity contribution in [3.8, 4) is 11.5 Å². The Labute approximate surface area is 99.9 Å². The number of aliphatic hydroxyl groups is 1. The summed E-state index contributed by atoms with van der Waals surface area (Å²) in [5.74, 6) is 0.320. The van der Waals surface area contributed by atoms with E-state index in [2.05, 4.69) is 4.74 Å². The molecule has 0 bridgehead atoms. The molecule has 1 unspecified atom stereocenters. The summed E-state index contributed by atoms with van der Waals surface area (Å²) in [6.07, 6.45) is -1.31. The summed E-state index contributed by atoms with van der Waals surface area (Å²) in [6, 6.07) is 4.78. The van der Waals surface area contributed by atoms with E-state index in [0.29, 0.717) is 23.7 Å². The van der Waals surface area contributed by atoms with Gasteiger partial charge >= 0.3 is 5.97 Å². The van der Waals surface area contributed by atoms with Gasteiger partial charge < -0.3 is 19.3 Å². The zero-order valence-corrected chi connectivity index (χ0v) is 10.1. The van der Waals surface area contributed by atoms with Crippen LogP contribution in [0.3, 0.4) is 0 Å². The van der Waals surface area contributed by atoms with Crippen LogP contribution >= 0.6 is 0 Å². The Morgan fingerprint density at radius 3 is 2.59 bits per heavy atom. The summed E-state index contributed by atoms with van der Waals surface area (Å²) in [6.45, 7) is 2.30. The first-order chi connectivity index (χ1) is 8.13. The number of carbonyl (C=O) groups excluding carboxylic acids is 1. The SMILES string of the molecule is CCOc1cc(C(O)C(=O)OC)ccc1OC. The molecular weight excluding hydrogens is 224 g/mol. The van der Waals surface area contributed by atoms with Gasteiger partial charge in [0.25, 0.3) is 0 Å². The van der Waals surface area contributed by atoms with Crippen LogP contribution in [0.2, 0.25) is 0 Å². The monoisotopic (exact) mass is 240 g/mol. The first kappa shape index (κ1) is 13.3. The van der Waals surface area contributed by atoms with Crippen LogP contribution in [0.15, 0.2) is 18.2 Å². The fourth-order valence-electron chi connectivity index (χ4n) is 1.38. The molecule has 1 aromatic rings.